The van der Waals surface area contributed by atoms with Crippen molar-refractivity contribution in [3.63, 3.8) is 0 Å². The van der Waals surface area contributed by atoms with Crippen molar-refractivity contribution in [3.8, 4) is 0 Å². The molecular weight excluding hydrogens is 146 g/mol. The Kier molecular flexibility index (Phi) is 2.70. The number of rotatable bonds is 2. The highest BCUT2D eigenvalue weighted by atomic mass is 16.3. The van der Waals surface area contributed by atoms with Crippen molar-refractivity contribution in [1.29, 1.82) is 0 Å². The van der Waals surface area contributed by atoms with Crippen molar-refractivity contribution >= 4 is 5.78 Å². The van der Waals surface area contributed by atoms with Gasteiger partial charge < -0.3 is 5.11 Å². The molecule has 0 aliphatic heterocycles. The Bertz CT molecular complexity index is 169. The van der Waals surface area contributed by atoms with Gasteiger partial charge in [0, 0.05) is 19.4 Å². The van der Waals surface area contributed by atoms with Crippen LogP contribution in [0.5, 0.6) is 0 Å². The number of carbonyl (C=O) groups is 1. The van der Waals surface area contributed by atoms with Crippen molar-refractivity contribution in [2.24, 2.45) is 11.1 Å². The summed E-state index contributed by atoms with van der Waals surface area (Å²) in [6.07, 6.45) is 1.23. The Morgan fingerprint density at radius 3 is 2.82 bits per heavy atom. The molecule has 1 aliphatic rings. The third-order valence-corrected chi connectivity index (χ3v) is 1.99. The highest BCUT2D eigenvalue weighted by Gasteiger charge is 2.27. The average Bonchev–Trinajstić information content (AvgIpc) is 2.03. The summed E-state index contributed by atoms with van der Waals surface area (Å²) < 4.78 is 0. The molecule has 2 atom stereocenters. The van der Waals surface area contributed by atoms with Crippen LogP contribution < -0.4 is 0 Å². The van der Waals surface area contributed by atoms with Crippen molar-refractivity contribution < 1.29 is 9.90 Å². The summed E-state index contributed by atoms with van der Waals surface area (Å²) in [5.41, 5.74) is 0. The maximum absolute atomic E-state index is 10.9. The first-order valence-corrected chi connectivity index (χ1v) is 3.71. The summed E-state index contributed by atoms with van der Waals surface area (Å²) in [6.45, 7) is -0.0161. The SMILES string of the molecule is O=N[C@@H]1CC(=O)CC(CO)C1. The number of nitroso groups, excluding NO2 is 1. The standard InChI is InChI=1S/C7H11NO3/c9-4-5-1-6(8-11)3-7(10)2-5/h5-6,9H,1-4H2/t5?,6-/m0/s1. The molecule has 4 heteroatoms. The van der Waals surface area contributed by atoms with Gasteiger partial charge in [-0.3, -0.25) is 4.79 Å². The van der Waals surface area contributed by atoms with E-state index in [1.807, 2.05) is 0 Å². The molecule has 1 N–H and O–H groups in total. The van der Waals surface area contributed by atoms with Gasteiger partial charge in [0.15, 0.2) is 0 Å². The first-order valence-electron chi connectivity index (χ1n) is 3.71. The highest BCUT2D eigenvalue weighted by molar-refractivity contribution is 5.80. The van der Waals surface area contributed by atoms with E-state index in [2.05, 4.69) is 5.18 Å². The summed E-state index contributed by atoms with van der Waals surface area (Å²) in [7, 11) is 0. The Morgan fingerprint density at radius 1 is 1.55 bits per heavy atom. The predicted molar refractivity (Wildman–Crippen MR) is 39.0 cm³/mol. The number of nitrogens with zero attached hydrogens (tertiary/aromatic N) is 1. The number of hydrogen-bond donors (Lipinski definition) is 1. The Morgan fingerprint density at radius 2 is 2.27 bits per heavy atom. The van der Waals surface area contributed by atoms with Crippen molar-refractivity contribution in [3.05, 3.63) is 4.91 Å². The molecule has 0 amide bonds. The fraction of sp³-hybridized carbons (Fsp3) is 0.857. The molecule has 0 aromatic heterocycles. The second kappa shape index (κ2) is 3.57. The third-order valence-electron chi connectivity index (χ3n) is 1.99. The molecule has 0 aromatic carbocycles. The van der Waals surface area contributed by atoms with Crippen LogP contribution in [-0.4, -0.2) is 23.5 Å². The zero-order valence-electron chi connectivity index (χ0n) is 6.19. The van der Waals surface area contributed by atoms with E-state index in [0.29, 0.717) is 12.8 Å². The number of carbonyl (C=O) groups excluding carboxylic acids is 1. The molecule has 1 unspecified atom stereocenters. The van der Waals surface area contributed by atoms with Gasteiger partial charge in [-0.25, -0.2) is 0 Å². The van der Waals surface area contributed by atoms with Crippen LogP contribution in [0.3, 0.4) is 0 Å². The number of aliphatic hydroxyl groups excluding tert-OH is 1. The quantitative estimate of drug-likeness (QED) is 0.593. The molecule has 1 saturated carbocycles. The van der Waals surface area contributed by atoms with Gasteiger partial charge in [0.25, 0.3) is 0 Å². The van der Waals surface area contributed by atoms with Gasteiger partial charge in [0.2, 0.25) is 0 Å². The molecule has 0 radical (unpaired) electrons. The van der Waals surface area contributed by atoms with E-state index in [1.165, 1.54) is 0 Å². The first-order chi connectivity index (χ1) is 5.26. The predicted octanol–water partition coefficient (Wildman–Crippen LogP) is 0.483. The molecule has 0 spiro atoms. The lowest BCUT2D eigenvalue weighted by Gasteiger charge is -2.21. The minimum Gasteiger partial charge on any atom is -0.396 e. The molecule has 1 fully saturated rings. The topological polar surface area (TPSA) is 66.7 Å². The minimum atomic E-state index is -0.395. The van der Waals surface area contributed by atoms with Gasteiger partial charge in [0.1, 0.15) is 5.78 Å². The Balaban J connectivity index is 2.50. The molecule has 4 nitrogen and oxygen atoms in total. The van der Waals surface area contributed by atoms with Gasteiger partial charge >= 0.3 is 0 Å². The van der Waals surface area contributed by atoms with Gasteiger partial charge in [-0.05, 0) is 12.3 Å². The molecule has 1 aliphatic carbocycles. The Labute approximate surface area is 64.6 Å². The first kappa shape index (κ1) is 8.33. The zero-order chi connectivity index (χ0) is 8.27. The van der Waals surface area contributed by atoms with Crippen LogP contribution in [0.1, 0.15) is 19.3 Å². The van der Waals surface area contributed by atoms with E-state index in [4.69, 9.17) is 5.11 Å². The summed E-state index contributed by atoms with van der Waals surface area (Å²) >= 11 is 0. The van der Waals surface area contributed by atoms with Crippen LogP contribution in [0.2, 0.25) is 0 Å². The van der Waals surface area contributed by atoms with Gasteiger partial charge in [-0.15, -0.1) is 0 Å². The van der Waals surface area contributed by atoms with Crippen LogP contribution in [0, 0.1) is 10.8 Å². The number of Topliss-reactive ketones (excluding diaryl/α,β-unsaturated/α-hetero) is 1. The van der Waals surface area contributed by atoms with Crippen LogP contribution in [0.4, 0.5) is 0 Å². The fourth-order valence-corrected chi connectivity index (χ4v) is 1.44. The summed E-state index contributed by atoms with van der Waals surface area (Å²) in [5, 5.41) is 11.5. The molecule has 0 saturated heterocycles. The molecule has 0 aromatic rings. The van der Waals surface area contributed by atoms with Crippen LogP contribution >= 0.6 is 0 Å². The second-order valence-electron chi connectivity index (χ2n) is 2.99. The van der Waals surface area contributed by atoms with E-state index in [1.54, 1.807) is 0 Å². The van der Waals surface area contributed by atoms with E-state index >= 15 is 0 Å². The fourth-order valence-electron chi connectivity index (χ4n) is 1.44. The largest absolute Gasteiger partial charge is 0.396 e. The zero-order valence-corrected chi connectivity index (χ0v) is 6.19. The highest BCUT2D eigenvalue weighted by Crippen LogP contribution is 2.23. The molecule has 62 valence electrons. The maximum atomic E-state index is 10.9. The lowest BCUT2D eigenvalue weighted by molar-refractivity contribution is -0.122. The second-order valence-corrected chi connectivity index (χ2v) is 2.99. The molecule has 1 rings (SSSR count). The van der Waals surface area contributed by atoms with Crippen LogP contribution in [-0.2, 0) is 4.79 Å². The van der Waals surface area contributed by atoms with Gasteiger partial charge in [-0.2, -0.15) is 4.91 Å². The maximum Gasteiger partial charge on any atom is 0.135 e. The van der Waals surface area contributed by atoms with Crippen LogP contribution in [0.15, 0.2) is 5.18 Å². The molecular formula is C7H11NO3. The monoisotopic (exact) mass is 157 g/mol. The summed E-state index contributed by atoms with van der Waals surface area (Å²) in [5.74, 6) is -0.00106. The number of hydrogen-bond acceptors (Lipinski definition) is 4. The van der Waals surface area contributed by atoms with E-state index in [9.17, 15) is 9.70 Å². The lowest BCUT2D eigenvalue weighted by atomic mass is 9.86. The number of aliphatic hydroxyl groups is 1. The summed E-state index contributed by atoms with van der Waals surface area (Å²) in [4.78, 5) is 21.0. The minimum absolute atomic E-state index is 0.0161. The van der Waals surface area contributed by atoms with Crippen LogP contribution in [0.25, 0.3) is 0 Å². The molecule has 0 heterocycles. The van der Waals surface area contributed by atoms with Gasteiger partial charge in [0.05, 0.1) is 6.04 Å². The van der Waals surface area contributed by atoms with E-state index in [0.717, 1.165) is 0 Å². The molecule has 11 heavy (non-hydrogen) atoms. The van der Waals surface area contributed by atoms with E-state index in [-0.39, 0.29) is 24.7 Å². The average molecular weight is 157 g/mol. The Hall–Kier alpha value is -0.770. The molecule has 0 bridgehead atoms. The van der Waals surface area contributed by atoms with Gasteiger partial charge in [-0.1, -0.05) is 5.18 Å². The lowest BCUT2D eigenvalue weighted by Crippen LogP contribution is -2.26. The van der Waals surface area contributed by atoms with Crippen molar-refractivity contribution in [2.45, 2.75) is 25.3 Å². The summed E-state index contributed by atoms with van der Waals surface area (Å²) in [6, 6.07) is -0.395. The number of ketones is 1. The van der Waals surface area contributed by atoms with E-state index < -0.39 is 6.04 Å². The van der Waals surface area contributed by atoms with Crippen molar-refractivity contribution in [1.82, 2.24) is 0 Å². The normalized spacial score (nSPS) is 31.9. The third kappa shape index (κ3) is 2.08. The smallest absolute Gasteiger partial charge is 0.135 e. The van der Waals surface area contributed by atoms with Crippen molar-refractivity contribution in [2.75, 3.05) is 6.61 Å².